The number of hydrogen-bond acceptors (Lipinski definition) is 2. The number of piperidine rings is 1. The molecule has 2 heteroatoms. The second-order valence-corrected chi connectivity index (χ2v) is 3.03. The minimum absolute atomic E-state index is 0.0266. The highest BCUT2D eigenvalue weighted by Crippen LogP contribution is 1.99. The molecule has 1 aliphatic rings. The Morgan fingerprint density at radius 2 is 1.71 bits per heavy atom. The molecule has 0 radical (unpaired) electrons. The van der Waals surface area contributed by atoms with Gasteiger partial charge in [-0.2, -0.15) is 0 Å². The first-order valence-corrected chi connectivity index (χ1v) is 5.33. The molecule has 84 valence electrons. The van der Waals surface area contributed by atoms with Gasteiger partial charge in [0.1, 0.15) is 0 Å². The third-order valence-corrected chi connectivity index (χ3v) is 1.66. The van der Waals surface area contributed by atoms with Gasteiger partial charge >= 0.3 is 0 Å². The molecule has 0 amide bonds. The van der Waals surface area contributed by atoms with Gasteiger partial charge in [-0.15, -0.1) is 0 Å². The van der Waals surface area contributed by atoms with Gasteiger partial charge in [0.2, 0.25) is 0 Å². The summed E-state index contributed by atoms with van der Waals surface area (Å²) >= 11 is 0. The molecule has 0 saturated carbocycles. The maximum atomic E-state index is 8.87. The SMILES string of the molecule is C=CC(=C)C.CC.OC1CCNCC1. The van der Waals surface area contributed by atoms with E-state index in [1.54, 1.807) is 6.08 Å². The van der Waals surface area contributed by atoms with Crippen LogP contribution in [-0.2, 0) is 0 Å². The van der Waals surface area contributed by atoms with E-state index in [1.165, 1.54) is 0 Å². The van der Waals surface area contributed by atoms with E-state index >= 15 is 0 Å². The molecule has 2 N–H and O–H groups in total. The molecule has 0 aliphatic carbocycles. The lowest BCUT2D eigenvalue weighted by Crippen LogP contribution is -2.30. The maximum Gasteiger partial charge on any atom is 0.0564 e. The Kier molecular flexibility index (Phi) is 14.0. The summed E-state index contributed by atoms with van der Waals surface area (Å²) in [6.45, 7) is 14.9. The fourth-order valence-electron chi connectivity index (χ4n) is 0.807. The molecule has 0 spiro atoms. The third kappa shape index (κ3) is 14.0. The van der Waals surface area contributed by atoms with Crippen LogP contribution in [0.1, 0.15) is 33.6 Å². The number of aliphatic hydroxyl groups is 1. The van der Waals surface area contributed by atoms with E-state index in [9.17, 15) is 0 Å². The summed E-state index contributed by atoms with van der Waals surface area (Å²) in [6.07, 6.45) is 3.56. The zero-order valence-corrected chi connectivity index (χ0v) is 9.84. The van der Waals surface area contributed by atoms with Crippen LogP contribution in [0.5, 0.6) is 0 Å². The van der Waals surface area contributed by atoms with Crippen molar-refractivity contribution in [1.82, 2.24) is 5.32 Å². The average molecular weight is 199 g/mol. The molecule has 14 heavy (non-hydrogen) atoms. The second-order valence-electron chi connectivity index (χ2n) is 3.03. The quantitative estimate of drug-likeness (QED) is 0.636. The van der Waals surface area contributed by atoms with Crippen molar-refractivity contribution in [2.24, 2.45) is 0 Å². The summed E-state index contributed by atoms with van der Waals surface area (Å²) in [5.74, 6) is 0. The Bertz CT molecular complexity index is 137. The zero-order valence-electron chi connectivity index (χ0n) is 9.84. The minimum Gasteiger partial charge on any atom is -0.393 e. The topological polar surface area (TPSA) is 32.3 Å². The molecule has 0 aromatic rings. The standard InChI is InChI=1S/C5H11NO.C5H8.C2H6/c7-5-1-3-6-4-2-5;1-4-5(2)3;1-2/h5-7H,1-4H2;4H,1-2H2,3H3;1-2H3. The van der Waals surface area contributed by atoms with E-state index in [4.69, 9.17) is 5.11 Å². The highest BCUT2D eigenvalue weighted by atomic mass is 16.3. The van der Waals surface area contributed by atoms with E-state index in [1.807, 2.05) is 20.8 Å². The fourth-order valence-corrected chi connectivity index (χ4v) is 0.807. The van der Waals surface area contributed by atoms with Crippen LogP contribution in [0.25, 0.3) is 0 Å². The van der Waals surface area contributed by atoms with E-state index in [0.29, 0.717) is 0 Å². The molecular weight excluding hydrogens is 174 g/mol. The van der Waals surface area contributed by atoms with Crippen LogP contribution in [0.4, 0.5) is 0 Å². The first kappa shape index (κ1) is 15.9. The summed E-state index contributed by atoms with van der Waals surface area (Å²) in [7, 11) is 0. The van der Waals surface area contributed by atoms with Gasteiger partial charge in [-0.3, -0.25) is 0 Å². The molecule has 1 aliphatic heterocycles. The Labute approximate surface area is 88.7 Å². The summed E-state index contributed by atoms with van der Waals surface area (Å²) in [4.78, 5) is 0. The third-order valence-electron chi connectivity index (χ3n) is 1.66. The Morgan fingerprint density at radius 1 is 1.36 bits per heavy atom. The van der Waals surface area contributed by atoms with E-state index < -0.39 is 0 Å². The molecule has 0 unspecified atom stereocenters. The predicted molar refractivity (Wildman–Crippen MR) is 64.5 cm³/mol. The smallest absolute Gasteiger partial charge is 0.0564 e. The van der Waals surface area contributed by atoms with Crippen LogP contribution >= 0.6 is 0 Å². The monoisotopic (exact) mass is 199 g/mol. The summed E-state index contributed by atoms with van der Waals surface area (Å²) in [5, 5.41) is 12.0. The second kappa shape index (κ2) is 12.4. The molecule has 0 atom stereocenters. The molecule has 0 bridgehead atoms. The molecule has 1 saturated heterocycles. The van der Waals surface area contributed by atoms with Gasteiger partial charge in [-0.1, -0.05) is 38.7 Å². The lowest BCUT2D eigenvalue weighted by atomic mass is 10.1. The van der Waals surface area contributed by atoms with Crippen LogP contribution in [-0.4, -0.2) is 24.3 Å². The molecular formula is C12H25NO. The molecule has 1 fully saturated rings. The lowest BCUT2D eigenvalue weighted by molar-refractivity contribution is 0.137. The summed E-state index contributed by atoms with van der Waals surface area (Å²) in [6, 6.07) is 0. The largest absolute Gasteiger partial charge is 0.393 e. The van der Waals surface area contributed by atoms with Crippen LogP contribution in [0.3, 0.4) is 0 Å². The predicted octanol–water partition coefficient (Wildman–Crippen LogP) is 2.51. The van der Waals surface area contributed by atoms with Gasteiger partial charge in [0.25, 0.3) is 0 Å². The molecule has 2 nitrogen and oxygen atoms in total. The van der Waals surface area contributed by atoms with Crippen molar-refractivity contribution >= 4 is 0 Å². The summed E-state index contributed by atoms with van der Waals surface area (Å²) in [5.41, 5.74) is 1.02. The lowest BCUT2D eigenvalue weighted by Gasteiger charge is -2.16. The van der Waals surface area contributed by atoms with Crippen molar-refractivity contribution < 1.29 is 5.11 Å². The van der Waals surface area contributed by atoms with Crippen LogP contribution < -0.4 is 5.32 Å². The van der Waals surface area contributed by atoms with Crippen molar-refractivity contribution in [3.63, 3.8) is 0 Å². The van der Waals surface area contributed by atoms with Crippen LogP contribution in [0.2, 0.25) is 0 Å². The van der Waals surface area contributed by atoms with E-state index in [0.717, 1.165) is 31.5 Å². The van der Waals surface area contributed by atoms with Gasteiger partial charge < -0.3 is 10.4 Å². The maximum absolute atomic E-state index is 8.87. The number of nitrogens with one attached hydrogen (secondary N) is 1. The highest BCUT2D eigenvalue weighted by molar-refractivity contribution is 5.05. The van der Waals surface area contributed by atoms with Crippen molar-refractivity contribution in [3.8, 4) is 0 Å². The number of hydrogen-bond donors (Lipinski definition) is 2. The van der Waals surface area contributed by atoms with Gasteiger partial charge in [0.05, 0.1) is 6.10 Å². The Balaban J connectivity index is 0. The molecule has 1 rings (SSSR count). The van der Waals surface area contributed by atoms with Crippen molar-refractivity contribution in [2.75, 3.05) is 13.1 Å². The van der Waals surface area contributed by atoms with Crippen LogP contribution in [0, 0.1) is 0 Å². The fraction of sp³-hybridized carbons (Fsp3) is 0.667. The molecule has 0 aromatic carbocycles. The first-order valence-electron chi connectivity index (χ1n) is 5.33. The van der Waals surface area contributed by atoms with Crippen molar-refractivity contribution in [1.29, 1.82) is 0 Å². The van der Waals surface area contributed by atoms with Crippen molar-refractivity contribution in [3.05, 3.63) is 24.8 Å². The first-order chi connectivity index (χ1) is 6.66. The molecule has 1 heterocycles. The van der Waals surface area contributed by atoms with E-state index in [2.05, 4.69) is 18.5 Å². The minimum atomic E-state index is -0.0266. The van der Waals surface area contributed by atoms with Gasteiger partial charge in [-0.25, -0.2) is 0 Å². The number of allylic oxidation sites excluding steroid dienone is 2. The normalized spacial score (nSPS) is 15.4. The highest BCUT2D eigenvalue weighted by Gasteiger charge is 2.06. The number of aliphatic hydroxyl groups excluding tert-OH is 1. The van der Waals surface area contributed by atoms with Gasteiger partial charge in [-0.05, 0) is 32.9 Å². The van der Waals surface area contributed by atoms with Gasteiger partial charge in [0.15, 0.2) is 0 Å². The van der Waals surface area contributed by atoms with Crippen LogP contribution in [0.15, 0.2) is 24.8 Å². The summed E-state index contributed by atoms with van der Waals surface area (Å²) < 4.78 is 0. The zero-order chi connectivity index (χ0) is 11.4. The van der Waals surface area contributed by atoms with Gasteiger partial charge in [0, 0.05) is 0 Å². The number of rotatable bonds is 1. The Morgan fingerprint density at radius 3 is 1.86 bits per heavy atom. The average Bonchev–Trinajstić information content (AvgIpc) is 2.23. The van der Waals surface area contributed by atoms with Crippen molar-refractivity contribution in [2.45, 2.75) is 39.7 Å². The van der Waals surface area contributed by atoms with E-state index in [-0.39, 0.29) is 6.10 Å². The molecule has 0 aromatic heterocycles. The Hall–Kier alpha value is -0.600.